The quantitative estimate of drug-likeness (QED) is 0.696. The summed E-state index contributed by atoms with van der Waals surface area (Å²) in [6.45, 7) is 2.98. The lowest BCUT2D eigenvalue weighted by molar-refractivity contribution is -0.113. The minimum atomic E-state index is -3.94. The van der Waals surface area contributed by atoms with Gasteiger partial charge >= 0.3 is 0 Å². The maximum absolute atomic E-state index is 10.9. The SMILES string of the molecule is CCCC(C)(C(=O)Cl)S(=O)(=O)Cl. The molecule has 0 aliphatic rings. The van der Waals surface area contributed by atoms with E-state index in [1.165, 1.54) is 6.92 Å². The Hall–Kier alpha value is 0.200. The number of halogens is 2. The van der Waals surface area contributed by atoms with Crippen LogP contribution in [-0.4, -0.2) is 18.4 Å². The van der Waals surface area contributed by atoms with Gasteiger partial charge in [-0.3, -0.25) is 4.79 Å². The lowest BCUT2D eigenvalue weighted by Gasteiger charge is -2.19. The highest BCUT2D eigenvalue weighted by Crippen LogP contribution is 2.29. The Morgan fingerprint density at radius 2 is 1.92 bits per heavy atom. The minimum Gasteiger partial charge on any atom is -0.279 e. The maximum atomic E-state index is 10.9. The fraction of sp³-hybridized carbons (Fsp3) is 0.833. The van der Waals surface area contributed by atoms with Gasteiger partial charge in [-0.1, -0.05) is 13.3 Å². The summed E-state index contributed by atoms with van der Waals surface area (Å²) in [5.41, 5.74) is 0. The van der Waals surface area contributed by atoms with E-state index in [4.69, 9.17) is 22.3 Å². The molecule has 0 N–H and O–H groups in total. The summed E-state index contributed by atoms with van der Waals surface area (Å²) >= 11 is 5.15. The van der Waals surface area contributed by atoms with Crippen LogP contribution in [0.1, 0.15) is 26.7 Å². The molecular weight excluding hydrogens is 223 g/mol. The van der Waals surface area contributed by atoms with Gasteiger partial charge in [-0.15, -0.1) is 0 Å². The van der Waals surface area contributed by atoms with Crippen LogP contribution >= 0.6 is 22.3 Å². The van der Waals surface area contributed by atoms with Crippen LogP contribution in [0.4, 0.5) is 0 Å². The van der Waals surface area contributed by atoms with Crippen molar-refractivity contribution in [2.45, 2.75) is 31.4 Å². The molecule has 0 rings (SSSR count). The summed E-state index contributed by atoms with van der Waals surface area (Å²) in [5.74, 6) is 0. The van der Waals surface area contributed by atoms with E-state index in [9.17, 15) is 13.2 Å². The summed E-state index contributed by atoms with van der Waals surface area (Å²) < 4.78 is 20.2. The average molecular weight is 233 g/mol. The fourth-order valence-corrected chi connectivity index (χ4v) is 2.39. The third kappa shape index (κ3) is 2.34. The molecule has 0 aliphatic carbocycles. The molecule has 72 valence electrons. The van der Waals surface area contributed by atoms with Crippen molar-refractivity contribution in [1.29, 1.82) is 0 Å². The molecule has 3 nitrogen and oxygen atoms in total. The van der Waals surface area contributed by atoms with Gasteiger partial charge in [-0.2, -0.15) is 0 Å². The van der Waals surface area contributed by atoms with Gasteiger partial charge in [-0.25, -0.2) is 8.42 Å². The molecule has 0 aromatic carbocycles. The third-order valence-electron chi connectivity index (χ3n) is 1.68. The molecule has 0 aromatic heterocycles. The average Bonchev–Trinajstić information content (AvgIpc) is 1.85. The van der Waals surface area contributed by atoms with E-state index in [2.05, 4.69) is 0 Å². The van der Waals surface area contributed by atoms with Gasteiger partial charge in [0.15, 0.2) is 4.75 Å². The highest BCUT2D eigenvalue weighted by atomic mass is 35.7. The first-order valence-corrected chi connectivity index (χ1v) is 6.08. The number of carbonyl (C=O) groups excluding carboxylic acids is 1. The van der Waals surface area contributed by atoms with Gasteiger partial charge in [0.1, 0.15) is 0 Å². The van der Waals surface area contributed by atoms with E-state index in [1.54, 1.807) is 6.92 Å². The van der Waals surface area contributed by atoms with Gasteiger partial charge in [0.05, 0.1) is 0 Å². The van der Waals surface area contributed by atoms with Crippen molar-refractivity contribution in [3.05, 3.63) is 0 Å². The molecule has 0 bridgehead atoms. The Bertz CT molecular complexity index is 273. The number of rotatable bonds is 4. The molecule has 1 atom stereocenters. The first-order chi connectivity index (χ1) is 5.25. The summed E-state index contributed by atoms with van der Waals surface area (Å²) in [4.78, 5) is 10.8. The van der Waals surface area contributed by atoms with Crippen LogP contribution < -0.4 is 0 Å². The van der Waals surface area contributed by atoms with E-state index in [0.717, 1.165) is 0 Å². The molecule has 0 radical (unpaired) electrons. The van der Waals surface area contributed by atoms with Crippen molar-refractivity contribution < 1.29 is 13.2 Å². The molecular formula is C6H10Cl2O3S. The van der Waals surface area contributed by atoms with Crippen molar-refractivity contribution in [3.8, 4) is 0 Å². The van der Waals surface area contributed by atoms with Crippen molar-refractivity contribution in [3.63, 3.8) is 0 Å². The molecule has 1 unspecified atom stereocenters. The Morgan fingerprint density at radius 3 is 2.00 bits per heavy atom. The van der Waals surface area contributed by atoms with Crippen LogP contribution in [0.15, 0.2) is 0 Å². The van der Waals surface area contributed by atoms with Crippen LogP contribution in [0.5, 0.6) is 0 Å². The molecule has 0 fully saturated rings. The van der Waals surface area contributed by atoms with Crippen molar-refractivity contribution >= 4 is 36.6 Å². The lowest BCUT2D eigenvalue weighted by atomic mass is 10.1. The first-order valence-electron chi connectivity index (χ1n) is 3.40. The predicted octanol–water partition coefficient (Wildman–Crippen LogP) is 1.88. The minimum absolute atomic E-state index is 0.140. The molecule has 0 amide bonds. The Morgan fingerprint density at radius 1 is 1.50 bits per heavy atom. The zero-order valence-corrected chi connectivity index (χ0v) is 9.13. The van der Waals surface area contributed by atoms with Crippen molar-refractivity contribution in [2.24, 2.45) is 0 Å². The zero-order chi connectivity index (χ0) is 9.99. The van der Waals surface area contributed by atoms with Gasteiger partial charge in [0, 0.05) is 10.7 Å². The van der Waals surface area contributed by atoms with Crippen LogP contribution in [0.2, 0.25) is 0 Å². The van der Waals surface area contributed by atoms with Crippen molar-refractivity contribution in [1.82, 2.24) is 0 Å². The van der Waals surface area contributed by atoms with E-state index < -0.39 is 19.0 Å². The van der Waals surface area contributed by atoms with Gasteiger partial charge in [0.2, 0.25) is 14.3 Å². The Labute approximate surface area is 81.5 Å². The number of carbonyl (C=O) groups is 1. The number of hydrogen-bond donors (Lipinski definition) is 0. The molecule has 0 aliphatic heterocycles. The van der Waals surface area contributed by atoms with Crippen LogP contribution in [0.3, 0.4) is 0 Å². The smallest absolute Gasteiger partial charge is 0.246 e. The van der Waals surface area contributed by atoms with Crippen LogP contribution in [0.25, 0.3) is 0 Å². The normalized spacial score (nSPS) is 17.0. The second kappa shape index (κ2) is 3.94. The van der Waals surface area contributed by atoms with Gasteiger partial charge in [0.25, 0.3) is 0 Å². The van der Waals surface area contributed by atoms with Crippen LogP contribution in [-0.2, 0) is 13.8 Å². The largest absolute Gasteiger partial charge is 0.279 e. The van der Waals surface area contributed by atoms with E-state index in [-0.39, 0.29) is 6.42 Å². The lowest BCUT2D eigenvalue weighted by Crippen LogP contribution is -2.38. The van der Waals surface area contributed by atoms with Gasteiger partial charge in [-0.05, 0) is 24.9 Å². The fourth-order valence-electron chi connectivity index (χ4n) is 0.793. The monoisotopic (exact) mass is 232 g/mol. The zero-order valence-electron chi connectivity index (χ0n) is 6.80. The highest BCUT2D eigenvalue weighted by molar-refractivity contribution is 8.15. The van der Waals surface area contributed by atoms with E-state index in [0.29, 0.717) is 6.42 Å². The summed E-state index contributed by atoms with van der Waals surface area (Å²) in [5, 5.41) is -0.931. The van der Waals surface area contributed by atoms with Gasteiger partial charge < -0.3 is 0 Å². The molecule has 0 saturated carbocycles. The van der Waals surface area contributed by atoms with E-state index in [1.807, 2.05) is 0 Å². The molecule has 6 heteroatoms. The Kier molecular flexibility index (Phi) is 4.00. The molecule has 0 aromatic rings. The molecule has 0 heterocycles. The second-order valence-corrected chi connectivity index (χ2v) is 6.03. The summed E-state index contributed by atoms with van der Waals surface area (Å²) in [6.07, 6.45) is 0.669. The van der Waals surface area contributed by atoms with E-state index >= 15 is 0 Å². The standard InChI is InChI=1S/C6H10Cl2O3S/c1-3-4-6(2,5(7)9)12(8,10)11/h3-4H2,1-2H3. The van der Waals surface area contributed by atoms with Crippen LogP contribution in [0, 0.1) is 0 Å². The third-order valence-corrected chi connectivity index (χ3v) is 4.70. The number of hydrogen-bond acceptors (Lipinski definition) is 3. The second-order valence-electron chi connectivity index (χ2n) is 2.69. The topological polar surface area (TPSA) is 51.2 Å². The first kappa shape index (κ1) is 12.2. The molecule has 0 saturated heterocycles. The molecule has 12 heavy (non-hydrogen) atoms. The maximum Gasteiger partial charge on any atom is 0.246 e. The summed E-state index contributed by atoms with van der Waals surface area (Å²) in [7, 11) is 1.15. The van der Waals surface area contributed by atoms with Crippen molar-refractivity contribution in [2.75, 3.05) is 0 Å². The summed E-state index contributed by atoms with van der Waals surface area (Å²) in [6, 6.07) is 0. The Balaban J connectivity index is 5.02. The highest BCUT2D eigenvalue weighted by Gasteiger charge is 2.43. The molecule has 0 spiro atoms. The predicted molar refractivity (Wildman–Crippen MR) is 48.9 cm³/mol.